The van der Waals surface area contributed by atoms with Crippen molar-refractivity contribution in [1.82, 2.24) is 29.7 Å². The molecule has 8 heteroatoms. The second-order valence-electron chi connectivity index (χ2n) is 6.84. The van der Waals surface area contributed by atoms with Gasteiger partial charge in [-0.3, -0.25) is 4.79 Å². The molecule has 0 spiro atoms. The fourth-order valence-corrected chi connectivity index (χ4v) is 3.52. The summed E-state index contributed by atoms with van der Waals surface area (Å²) in [6.07, 6.45) is 9.91. The van der Waals surface area contributed by atoms with Gasteiger partial charge in [0.2, 0.25) is 5.95 Å². The molecule has 1 unspecified atom stereocenters. The molecule has 1 atom stereocenters. The highest BCUT2D eigenvalue weighted by molar-refractivity contribution is 5.95. The van der Waals surface area contributed by atoms with Crippen molar-refractivity contribution < 1.29 is 4.79 Å². The molecular weight excluding hydrogens is 354 g/mol. The summed E-state index contributed by atoms with van der Waals surface area (Å²) in [5, 5.41) is 3.11. The molecule has 8 nitrogen and oxygen atoms in total. The summed E-state index contributed by atoms with van der Waals surface area (Å²) in [5.41, 5.74) is 3.19. The highest BCUT2D eigenvalue weighted by Gasteiger charge is 2.26. The Labute approximate surface area is 161 Å². The Morgan fingerprint density at radius 3 is 3.04 bits per heavy atom. The third-order valence-corrected chi connectivity index (χ3v) is 4.98. The molecule has 1 amide bonds. The van der Waals surface area contributed by atoms with E-state index in [1.807, 2.05) is 41.2 Å². The minimum Gasteiger partial charge on any atom is -0.360 e. The van der Waals surface area contributed by atoms with E-state index in [0.717, 1.165) is 30.0 Å². The molecule has 4 aromatic heterocycles. The van der Waals surface area contributed by atoms with Gasteiger partial charge in [-0.2, -0.15) is 0 Å². The fraction of sp³-hybridized carbons (Fsp3) is 0.200. The number of fused-ring (bicyclic) bond motifs is 1. The van der Waals surface area contributed by atoms with Crippen LogP contribution in [-0.4, -0.2) is 49.4 Å². The van der Waals surface area contributed by atoms with Crippen molar-refractivity contribution in [2.75, 3.05) is 18.0 Å². The Morgan fingerprint density at radius 2 is 2.14 bits per heavy atom. The highest BCUT2D eigenvalue weighted by atomic mass is 16.1. The topological polar surface area (TPSA) is 91.2 Å². The second-order valence-corrected chi connectivity index (χ2v) is 6.84. The van der Waals surface area contributed by atoms with Crippen LogP contribution in [0.2, 0.25) is 0 Å². The molecule has 5 rings (SSSR count). The van der Waals surface area contributed by atoms with Gasteiger partial charge in [0, 0.05) is 55.7 Å². The minimum atomic E-state index is -0.0848. The molecule has 0 aromatic carbocycles. The van der Waals surface area contributed by atoms with Crippen LogP contribution in [0.3, 0.4) is 0 Å². The van der Waals surface area contributed by atoms with E-state index in [1.165, 1.54) is 0 Å². The van der Waals surface area contributed by atoms with Crippen LogP contribution in [-0.2, 0) is 0 Å². The van der Waals surface area contributed by atoms with Gasteiger partial charge < -0.3 is 19.6 Å². The number of nitrogens with one attached hydrogen (secondary N) is 2. The zero-order valence-corrected chi connectivity index (χ0v) is 15.1. The normalized spacial score (nSPS) is 16.6. The number of carbonyl (C=O) groups is 1. The first kappa shape index (κ1) is 16.5. The van der Waals surface area contributed by atoms with Crippen molar-refractivity contribution in [3.8, 4) is 11.4 Å². The Balaban J connectivity index is 1.27. The number of amides is 1. The van der Waals surface area contributed by atoms with Crippen molar-refractivity contribution in [1.29, 1.82) is 0 Å². The zero-order chi connectivity index (χ0) is 18.9. The lowest BCUT2D eigenvalue weighted by Crippen LogP contribution is -2.37. The van der Waals surface area contributed by atoms with Crippen molar-refractivity contribution in [2.45, 2.75) is 12.5 Å². The van der Waals surface area contributed by atoms with E-state index >= 15 is 0 Å². The molecule has 0 radical (unpaired) electrons. The molecule has 1 fully saturated rings. The summed E-state index contributed by atoms with van der Waals surface area (Å²) >= 11 is 0. The summed E-state index contributed by atoms with van der Waals surface area (Å²) < 4.78 is 1.88. The number of hydrogen-bond acceptors (Lipinski definition) is 5. The van der Waals surface area contributed by atoms with E-state index in [1.54, 1.807) is 24.5 Å². The first-order valence-electron chi connectivity index (χ1n) is 9.21. The molecule has 28 heavy (non-hydrogen) atoms. The van der Waals surface area contributed by atoms with Gasteiger partial charge in [0.15, 0.2) is 0 Å². The fourth-order valence-electron chi connectivity index (χ4n) is 3.52. The average Bonchev–Trinajstić information content (AvgIpc) is 3.48. The van der Waals surface area contributed by atoms with Gasteiger partial charge in [-0.25, -0.2) is 15.0 Å². The van der Waals surface area contributed by atoms with Crippen molar-refractivity contribution >= 4 is 17.5 Å². The number of nitrogens with zero attached hydrogens (tertiary/aromatic N) is 5. The maximum absolute atomic E-state index is 12.6. The quantitative estimate of drug-likeness (QED) is 0.572. The lowest BCUT2D eigenvalue weighted by Gasteiger charge is -2.17. The van der Waals surface area contributed by atoms with Crippen LogP contribution in [0.25, 0.3) is 17.0 Å². The van der Waals surface area contributed by atoms with Gasteiger partial charge in [0.25, 0.3) is 5.91 Å². The number of pyridine rings is 1. The summed E-state index contributed by atoms with van der Waals surface area (Å²) in [5.74, 6) is 0.598. The molecule has 1 aliphatic rings. The van der Waals surface area contributed by atoms with Crippen LogP contribution in [0.4, 0.5) is 5.95 Å². The maximum atomic E-state index is 12.6. The number of imidazole rings is 1. The monoisotopic (exact) mass is 373 g/mol. The first-order chi connectivity index (χ1) is 13.8. The van der Waals surface area contributed by atoms with Crippen LogP contribution in [0.1, 0.15) is 16.8 Å². The highest BCUT2D eigenvalue weighted by Crippen LogP contribution is 2.20. The van der Waals surface area contributed by atoms with Gasteiger partial charge in [-0.1, -0.05) is 0 Å². The number of H-pyrrole nitrogens is 1. The lowest BCUT2D eigenvalue weighted by atomic mass is 10.2. The minimum absolute atomic E-state index is 0.0567. The number of hydrogen-bond donors (Lipinski definition) is 2. The number of aromatic nitrogens is 5. The molecule has 1 aliphatic heterocycles. The SMILES string of the molecule is O=C(NC1CCN(c2nccc(-c3ccc[nH]3)n2)C1)c1ccn2ccnc2c1. The smallest absolute Gasteiger partial charge is 0.251 e. The number of anilines is 1. The van der Waals surface area contributed by atoms with Gasteiger partial charge in [-0.05, 0) is 36.8 Å². The number of carbonyl (C=O) groups excluding carboxylic acids is 1. The van der Waals surface area contributed by atoms with Crippen molar-refractivity contribution in [3.63, 3.8) is 0 Å². The van der Waals surface area contributed by atoms with Crippen LogP contribution in [0.15, 0.2) is 61.3 Å². The molecule has 0 aliphatic carbocycles. The third-order valence-electron chi connectivity index (χ3n) is 4.98. The number of aromatic amines is 1. The standard InChI is InChI=1S/C20H19N7O/c28-19(14-4-9-26-11-8-22-18(26)12-14)24-15-5-10-27(13-15)20-23-7-3-17(25-20)16-2-1-6-21-16/h1-4,6-9,11-12,15,21H,5,10,13H2,(H,24,28). The molecular formula is C20H19N7O. The Bertz CT molecular complexity index is 1120. The van der Waals surface area contributed by atoms with Gasteiger partial charge in [0.05, 0.1) is 11.4 Å². The van der Waals surface area contributed by atoms with E-state index in [2.05, 4.69) is 30.2 Å². The van der Waals surface area contributed by atoms with Gasteiger partial charge in [-0.15, -0.1) is 0 Å². The number of rotatable bonds is 4. The third kappa shape index (κ3) is 3.09. The second kappa shape index (κ2) is 6.80. The summed E-state index contributed by atoms with van der Waals surface area (Å²) in [6, 6.07) is 9.47. The largest absolute Gasteiger partial charge is 0.360 e. The van der Waals surface area contributed by atoms with E-state index in [0.29, 0.717) is 18.1 Å². The van der Waals surface area contributed by atoms with E-state index in [4.69, 9.17) is 0 Å². The average molecular weight is 373 g/mol. The molecule has 140 valence electrons. The Morgan fingerprint density at radius 1 is 1.18 bits per heavy atom. The molecule has 0 bridgehead atoms. The maximum Gasteiger partial charge on any atom is 0.251 e. The van der Waals surface area contributed by atoms with Crippen molar-refractivity contribution in [3.05, 3.63) is 66.9 Å². The van der Waals surface area contributed by atoms with Crippen molar-refractivity contribution in [2.24, 2.45) is 0 Å². The predicted octanol–water partition coefficient (Wildman–Crippen LogP) is 2.13. The Hall–Kier alpha value is -3.68. The van der Waals surface area contributed by atoms with E-state index in [9.17, 15) is 4.79 Å². The molecule has 2 N–H and O–H groups in total. The predicted molar refractivity (Wildman–Crippen MR) is 105 cm³/mol. The summed E-state index contributed by atoms with van der Waals surface area (Å²) in [6.45, 7) is 1.49. The van der Waals surface area contributed by atoms with E-state index < -0.39 is 0 Å². The summed E-state index contributed by atoms with van der Waals surface area (Å²) in [4.78, 5) is 31.2. The van der Waals surface area contributed by atoms with Gasteiger partial charge >= 0.3 is 0 Å². The van der Waals surface area contributed by atoms with Crippen LogP contribution >= 0.6 is 0 Å². The van der Waals surface area contributed by atoms with E-state index in [-0.39, 0.29) is 11.9 Å². The van der Waals surface area contributed by atoms with Crippen LogP contribution < -0.4 is 10.2 Å². The molecule has 1 saturated heterocycles. The van der Waals surface area contributed by atoms with Crippen LogP contribution in [0.5, 0.6) is 0 Å². The first-order valence-corrected chi connectivity index (χ1v) is 9.21. The summed E-state index contributed by atoms with van der Waals surface area (Å²) in [7, 11) is 0. The zero-order valence-electron chi connectivity index (χ0n) is 15.1. The molecule has 0 saturated carbocycles. The Kier molecular flexibility index (Phi) is 4.01. The molecule has 5 heterocycles. The molecule has 4 aromatic rings. The van der Waals surface area contributed by atoms with Gasteiger partial charge in [0.1, 0.15) is 5.65 Å². The van der Waals surface area contributed by atoms with Crippen LogP contribution in [0, 0.1) is 0 Å². The lowest BCUT2D eigenvalue weighted by molar-refractivity contribution is 0.0940.